The van der Waals surface area contributed by atoms with Crippen LogP contribution in [-0.2, 0) is 12.0 Å². The van der Waals surface area contributed by atoms with E-state index in [-0.39, 0.29) is 11.6 Å². The summed E-state index contributed by atoms with van der Waals surface area (Å²) in [6.45, 7) is 0. The normalized spacial score (nSPS) is 22.0. The molecule has 1 saturated carbocycles. The molecule has 1 aliphatic rings. The second-order valence-electron chi connectivity index (χ2n) is 9.72. The molecule has 178 valence electrons. The summed E-state index contributed by atoms with van der Waals surface area (Å²) in [6.07, 6.45) is 7.03. The van der Waals surface area contributed by atoms with E-state index in [1.807, 2.05) is 6.07 Å². The number of para-hydroxylation sites is 1. The Kier molecular flexibility index (Phi) is 6.15. The standard InChI is InChI=1S/C27H33N5O2/c1-31(2)27(20-9-5-4-6-10-20)15-13-21(14-16-27)32(3)24(25-29-30-26(33)34-25)17-19-18-28-23-12-8-7-11-22(19)23/h4-12,18,21,24,28H,13-17H2,1-3H3,(H,30,33). The van der Waals surface area contributed by atoms with Crippen LogP contribution in [0.4, 0.5) is 0 Å². The number of aromatic amines is 2. The third-order valence-electron chi connectivity index (χ3n) is 7.84. The van der Waals surface area contributed by atoms with E-state index < -0.39 is 5.76 Å². The number of H-pyrrole nitrogens is 2. The fourth-order valence-electron chi connectivity index (χ4n) is 5.78. The molecule has 34 heavy (non-hydrogen) atoms. The molecule has 5 rings (SSSR count). The molecule has 1 atom stereocenters. The molecule has 7 nitrogen and oxygen atoms in total. The van der Waals surface area contributed by atoms with Crippen molar-refractivity contribution >= 4 is 10.9 Å². The highest BCUT2D eigenvalue weighted by molar-refractivity contribution is 5.83. The van der Waals surface area contributed by atoms with Gasteiger partial charge < -0.3 is 9.40 Å². The van der Waals surface area contributed by atoms with Crippen LogP contribution in [0.1, 0.15) is 48.7 Å². The quantitative estimate of drug-likeness (QED) is 0.426. The summed E-state index contributed by atoms with van der Waals surface area (Å²) in [4.78, 5) is 19.9. The van der Waals surface area contributed by atoms with Gasteiger partial charge in [-0.3, -0.25) is 9.80 Å². The van der Waals surface area contributed by atoms with Crippen LogP contribution in [0.3, 0.4) is 0 Å². The maximum Gasteiger partial charge on any atom is 0.434 e. The zero-order valence-electron chi connectivity index (χ0n) is 20.1. The van der Waals surface area contributed by atoms with E-state index in [1.54, 1.807) is 0 Å². The Labute approximate surface area is 199 Å². The van der Waals surface area contributed by atoms with Crippen LogP contribution in [0.2, 0.25) is 0 Å². The summed E-state index contributed by atoms with van der Waals surface area (Å²) in [7, 11) is 6.52. The Hall–Kier alpha value is -3.16. The minimum Gasteiger partial charge on any atom is -0.391 e. The molecule has 1 fully saturated rings. The number of hydrogen-bond donors (Lipinski definition) is 2. The molecule has 0 aliphatic heterocycles. The SMILES string of the molecule is CN(C1CCC(c2ccccc2)(N(C)C)CC1)C(Cc1c[nH]c2ccccc12)c1n[nH]c(=O)o1. The van der Waals surface area contributed by atoms with Gasteiger partial charge in [-0.15, -0.1) is 5.10 Å². The number of rotatable bonds is 7. The topological polar surface area (TPSA) is 81.2 Å². The second-order valence-corrected chi connectivity index (χ2v) is 9.72. The summed E-state index contributed by atoms with van der Waals surface area (Å²) >= 11 is 0. The van der Waals surface area contributed by atoms with Gasteiger partial charge in [0.05, 0.1) is 6.04 Å². The molecule has 2 heterocycles. The minimum absolute atomic E-state index is 0.0455. The number of benzene rings is 2. The molecule has 0 amide bonds. The predicted octanol–water partition coefficient (Wildman–Crippen LogP) is 4.46. The zero-order chi connectivity index (χ0) is 23.7. The van der Waals surface area contributed by atoms with Gasteiger partial charge in [-0.25, -0.2) is 9.89 Å². The summed E-state index contributed by atoms with van der Waals surface area (Å²) < 4.78 is 5.48. The number of likely N-dealkylation sites (N-methyl/N-ethyl adjacent to an activating group) is 1. The third kappa shape index (κ3) is 4.10. The first-order valence-corrected chi connectivity index (χ1v) is 12.0. The first kappa shape index (κ1) is 22.6. The zero-order valence-corrected chi connectivity index (χ0v) is 20.1. The van der Waals surface area contributed by atoms with Crippen molar-refractivity contribution < 1.29 is 4.42 Å². The van der Waals surface area contributed by atoms with E-state index in [9.17, 15) is 4.79 Å². The Bertz CT molecular complexity index is 1280. The Balaban J connectivity index is 1.40. The van der Waals surface area contributed by atoms with Crippen molar-refractivity contribution in [3.8, 4) is 0 Å². The minimum atomic E-state index is -0.508. The van der Waals surface area contributed by atoms with E-state index in [0.29, 0.717) is 18.4 Å². The van der Waals surface area contributed by atoms with Crippen molar-refractivity contribution in [3.05, 3.63) is 88.4 Å². The maximum atomic E-state index is 11.8. The highest BCUT2D eigenvalue weighted by atomic mass is 16.4. The van der Waals surface area contributed by atoms with Gasteiger partial charge in [0.1, 0.15) is 0 Å². The lowest BCUT2D eigenvalue weighted by atomic mass is 9.73. The van der Waals surface area contributed by atoms with Gasteiger partial charge in [0, 0.05) is 28.7 Å². The smallest absolute Gasteiger partial charge is 0.391 e. The third-order valence-corrected chi connectivity index (χ3v) is 7.84. The van der Waals surface area contributed by atoms with Crippen LogP contribution >= 0.6 is 0 Å². The molecule has 7 heteroatoms. The maximum absolute atomic E-state index is 11.8. The number of nitrogens with one attached hydrogen (secondary N) is 2. The number of fused-ring (bicyclic) bond motifs is 1. The molecule has 2 aromatic heterocycles. The van der Waals surface area contributed by atoms with Gasteiger partial charge in [-0.2, -0.15) is 0 Å². The van der Waals surface area contributed by atoms with E-state index in [4.69, 9.17) is 4.42 Å². The summed E-state index contributed by atoms with van der Waals surface area (Å²) in [5.74, 6) is -0.0584. The largest absolute Gasteiger partial charge is 0.434 e. The number of nitrogens with zero attached hydrogens (tertiary/aromatic N) is 3. The highest BCUT2D eigenvalue weighted by Crippen LogP contribution is 2.43. The average molecular weight is 460 g/mol. The van der Waals surface area contributed by atoms with Gasteiger partial charge in [-0.1, -0.05) is 48.5 Å². The van der Waals surface area contributed by atoms with Gasteiger partial charge in [-0.05, 0) is 70.4 Å². The lowest BCUT2D eigenvalue weighted by molar-refractivity contribution is 0.0383. The summed E-state index contributed by atoms with van der Waals surface area (Å²) in [5.41, 5.74) is 3.73. The predicted molar refractivity (Wildman–Crippen MR) is 134 cm³/mol. The molecular formula is C27H33N5O2. The van der Waals surface area contributed by atoms with Crippen LogP contribution in [0.5, 0.6) is 0 Å². The van der Waals surface area contributed by atoms with Gasteiger partial charge >= 0.3 is 5.76 Å². The van der Waals surface area contributed by atoms with Gasteiger partial charge in [0.2, 0.25) is 5.89 Å². The van der Waals surface area contributed by atoms with Gasteiger partial charge in [0.15, 0.2) is 0 Å². The first-order chi connectivity index (χ1) is 16.5. The van der Waals surface area contributed by atoms with Crippen LogP contribution < -0.4 is 5.76 Å². The van der Waals surface area contributed by atoms with E-state index in [2.05, 4.69) is 101 Å². The molecular weight excluding hydrogens is 426 g/mol. The Morgan fingerprint density at radius 2 is 1.76 bits per heavy atom. The van der Waals surface area contributed by atoms with Crippen molar-refractivity contribution in [2.45, 2.75) is 49.7 Å². The van der Waals surface area contributed by atoms with Crippen molar-refractivity contribution in [1.29, 1.82) is 0 Å². The van der Waals surface area contributed by atoms with Gasteiger partial charge in [0.25, 0.3) is 0 Å². The molecule has 4 aromatic rings. The van der Waals surface area contributed by atoms with Crippen molar-refractivity contribution in [3.63, 3.8) is 0 Å². The fourth-order valence-corrected chi connectivity index (χ4v) is 5.78. The summed E-state index contributed by atoms with van der Waals surface area (Å²) in [6, 6.07) is 19.4. The molecule has 0 spiro atoms. The van der Waals surface area contributed by atoms with Crippen LogP contribution in [-0.4, -0.2) is 52.2 Å². The molecule has 1 aliphatic carbocycles. The Morgan fingerprint density at radius 1 is 1.06 bits per heavy atom. The van der Waals surface area contributed by atoms with Crippen molar-refractivity contribution in [2.75, 3.05) is 21.1 Å². The average Bonchev–Trinajstić information content (AvgIpc) is 3.48. The molecule has 2 aromatic carbocycles. The first-order valence-electron chi connectivity index (χ1n) is 12.0. The van der Waals surface area contributed by atoms with E-state index >= 15 is 0 Å². The molecule has 2 N–H and O–H groups in total. The van der Waals surface area contributed by atoms with Crippen molar-refractivity contribution in [2.24, 2.45) is 0 Å². The number of aromatic nitrogens is 3. The number of hydrogen-bond acceptors (Lipinski definition) is 5. The van der Waals surface area contributed by atoms with E-state index in [1.165, 1.54) is 16.5 Å². The highest BCUT2D eigenvalue weighted by Gasteiger charge is 2.41. The lowest BCUT2D eigenvalue weighted by Crippen LogP contribution is -2.48. The molecule has 0 bridgehead atoms. The molecule has 1 unspecified atom stereocenters. The molecule has 0 radical (unpaired) electrons. The fraction of sp³-hybridized carbons (Fsp3) is 0.407. The molecule has 0 saturated heterocycles. The van der Waals surface area contributed by atoms with Crippen molar-refractivity contribution in [1.82, 2.24) is 25.0 Å². The van der Waals surface area contributed by atoms with Crippen LogP contribution in [0.15, 0.2) is 70.0 Å². The monoisotopic (exact) mass is 459 g/mol. The Morgan fingerprint density at radius 3 is 2.44 bits per heavy atom. The summed E-state index contributed by atoms with van der Waals surface area (Å²) in [5, 5.41) is 7.89. The van der Waals surface area contributed by atoms with E-state index in [0.717, 1.165) is 31.2 Å². The lowest BCUT2D eigenvalue weighted by Gasteiger charge is -2.48. The van der Waals surface area contributed by atoms with Crippen LogP contribution in [0, 0.1) is 0 Å². The second kappa shape index (κ2) is 9.24. The van der Waals surface area contributed by atoms with Crippen LogP contribution in [0.25, 0.3) is 10.9 Å².